The summed E-state index contributed by atoms with van der Waals surface area (Å²) in [5.74, 6) is 12.9. The number of phenolic OH excluding ortho intramolecular Hbond substituents is 1. The third-order valence-corrected chi connectivity index (χ3v) is 17.0. The van der Waals surface area contributed by atoms with Crippen LogP contribution in [0.4, 0.5) is 5.69 Å². The van der Waals surface area contributed by atoms with Gasteiger partial charge in [0.25, 0.3) is 0 Å². The lowest BCUT2D eigenvalue weighted by molar-refractivity contribution is 0.0134. The highest BCUT2D eigenvalue weighted by molar-refractivity contribution is 7.23. The zero-order valence-electron chi connectivity index (χ0n) is 37.2. The van der Waals surface area contributed by atoms with E-state index < -0.39 is 23.7 Å². The predicted molar refractivity (Wildman–Crippen MR) is 258 cm³/mol. The molecule has 0 amide bonds. The fraction of sp³-hybridized carbons (Fsp3) is 0.442. The van der Waals surface area contributed by atoms with Crippen LogP contribution in [0, 0.1) is 58.7 Å². The number of guanidine groups is 1. The number of carbonyl (C=O) groups excluding carboxylic acids is 1. The number of aromatic hydroxyl groups is 1. The summed E-state index contributed by atoms with van der Waals surface area (Å²) in [7, 11) is 1.66. The van der Waals surface area contributed by atoms with Crippen LogP contribution >= 0.6 is 22.7 Å². The van der Waals surface area contributed by atoms with Crippen molar-refractivity contribution in [3.05, 3.63) is 110 Å². The van der Waals surface area contributed by atoms with Crippen molar-refractivity contribution < 1.29 is 25.2 Å². The molecule has 5 aromatic rings. The first-order valence-corrected chi connectivity index (χ1v) is 24.3. The fourth-order valence-electron chi connectivity index (χ4n) is 11.7. The summed E-state index contributed by atoms with van der Waals surface area (Å²) in [6.07, 6.45) is 7.71. The van der Waals surface area contributed by atoms with Crippen molar-refractivity contribution >= 4 is 40.1 Å². The van der Waals surface area contributed by atoms with Gasteiger partial charge in [0.15, 0.2) is 11.7 Å². The van der Waals surface area contributed by atoms with Crippen LogP contribution < -0.4 is 16.4 Å². The van der Waals surface area contributed by atoms with Gasteiger partial charge in [-0.05, 0) is 135 Å². The minimum absolute atomic E-state index is 0.0334. The number of rotatable bonds is 8. The number of nitrogens with one attached hydrogen (secondary N) is 3. The molecule has 3 aliphatic carbocycles. The Hall–Kier alpha value is -5.41. The molecule has 0 saturated heterocycles. The molecule has 2 fully saturated rings. The van der Waals surface area contributed by atoms with Gasteiger partial charge >= 0.3 is 0 Å². The maximum absolute atomic E-state index is 15.3. The van der Waals surface area contributed by atoms with E-state index in [1.54, 1.807) is 36.8 Å². The summed E-state index contributed by atoms with van der Waals surface area (Å²) in [5.41, 5.74) is 11.1. The van der Waals surface area contributed by atoms with E-state index in [4.69, 9.17) is 5.73 Å². The van der Waals surface area contributed by atoms with E-state index >= 15 is 4.79 Å². The molecule has 1 spiro atoms. The number of aliphatic imine (C=N–C) groups is 1. The minimum Gasteiger partial charge on any atom is -0.508 e. The number of aromatic amines is 1. The van der Waals surface area contributed by atoms with Crippen LogP contribution in [0.1, 0.15) is 94.0 Å². The SMILES string of the molecule is CC#Cc1ccc(-c2ccc(C(=O)C3CCC4CC35CC(C(O)CO)C(C5)C3C#Cc5c(cc(O)cc5NCC(C)(O)Cc5cccc(c5Cc5cnc[nH]5)C3)CC4NC(N)=NC)s2)s1. The number of hydrogen-bond donors (Lipinski definition) is 8. The summed E-state index contributed by atoms with van der Waals surface area (Å²) in [6.45, 7) is 3.45. The summed E-state index contributed by atoms with van der Waals surface area (Å²) in [6, 6.07) is 17.6. The lowest BCUT2D eigenvalue weighted by Gasteiger charge is -2.47. The first-order valence-electron chi connectivity index (χ1n) is 22.7. The van der Waals surface area contributed by atoms with Crippen molar-refractivity contribution in [2.45, 2.75) is 89.4 Å². The molecular weight excluding hydrogens is 853 g/mol. The second-order valence-electron chi connectivity index (χ2n) is 19.0. The molecule has 9 N–H and O–H groups in total. The van der Waals surface area contributed by atoms with Gasteiger partial charge < -0.3 is 41.8 Å². The highest BCUT2D eigenvalue weighted by Gasteiger charge is 2.58. The third kappa shape index (κ3) is 9.23. The van der Waals surface area contributed by atoms with Crippen molar-refractivity contribution in [1.82, 2.24) is 15.3 Å². The van der Waals surface area contributed by atoms with Crippen molar-refractivity contribution in [1.29, 1.82) is 0 Å². The van der Waals surface area contributed by atoms with Crippen molar-refractivity contribution in [3.63, 3.8) is 0 Å². The molecule has 0 radical (unpaired) electrons. The van der Waals surface area contributed by atoms with E-state index in [0.717, 1.165) is 59.4 Å². The molecule has 9 unspecified atom stereocenters. The van der Waals surface area contributed by atoms with Gasteiger partial charge in [-0.25, -0.2) is 4.98 Å². The van der Waals surface area contributed by atoms with Crippen LogP contribution in [-0.4, -0.2) is 80.1 Å². The molecule has 13 heteroatoms. The van der Waals surface area contributed by atoms with Gasteiger partial charge in [-0.2, -0.15) is 0 Å². The number of imidazole rings is 1. The van der Waals surface area contributed by atoms with E-state index in [-0.39, 0.29) is 53.7 Å². The lowest BCUT2D eigenvalue weighted by Crippen LogP contribution is -2.50. The maximum Gasteiger partial charge on any atom is 0.188 e. The first-order chi connectivity index (χ1) is 31.4. The largest absolute Gasteiger partial charge is 0.508 e. The molecule has 1 aliphatic heterocycles. The predicted octanol–water partition coefficient (Wildman–Crippen LogP) is 6.92. The van der Waals surface area contributed by atoms with E-state index in [0.29, 0.717) is 63.0 Å². The molecule has 2 aromatic carbocycles. The Kier molecular flexibility index (Phi) is 12.7. The van der Waals surface area contributed by atoms with E-state index in [9.17, 15) is 20.4 Å². The zero-order chi connectivity index (χ0) is 45.5. The second kappa shape index (κ2) is 18.5. The molecule has 3 aromatic heterocycles. The molecule has 9 rings (SSSR count). The van der Waals surface area contributed by atoms with E-state index in [2.05, 4.69) is 73.5 Å². The molecular formula is C52H58N6O5S2. The number of H-pyrrole nitrogens is 1. The molecule has 4 aliphatic rings. The molecule has 338 valence electrons. The third-order valence-electron chi connectivity index (χ3n) is 14.7. The van der Waals surface area contributed by atoms with Crippen LogP contribution in [-0.2, 0) is 25.7 Å². The number of benzene rings is 2. The number of Topliss-reactive ketones (excluding diaryl/α,β-unsaturated/α-hetero) is 1. The molecule has 7 bridgehead atoms. The van der Waals surface area contributed by atoms with E-state index in [1.807, 2.05) is 38.2 Å². The van der Waals surface area contributed by atoms with Gasteiger partial charge in [0.2, 0.25) is 0 Å². The molecule has 2 saturated carbocycles. The van der Waals surface area contributed by atoms with Crippen LogP contribution in [0.3, 0.4) is 0 Å². The Morgan fingerprint density at radius 2 is 1.89 bits per heavy atom. The summed E-state index contributed by atoms with van der Waals surface area (Å²) < 4.78 is 0. The number of phenols is 1. The van der Waals surface area contributed by atoms with Crippen LogP contribution in [0.2, 0.25) is 0 Å². The number of aromatic nitrogens is 2. The Labute approximate surface area is 389 Å². The standard InChI is InChI=1S/C52H58N6O5S2/c1-4-6-37-11-14-46(64-37)47-15-16-48(65-47)49(62)42-13-10-33-23-52(42)24-40(41(25-52)45(61)27-59)31-9-12-38-34(19-43(33)58-50(53)54-3)18-36(60)21-44(38)56-28-51(2,63)22-32-8-5-7-30(17-31)39(32)20-35-26-55-29-57-35/h5,7-8,11,14-16,18,21,26,29,31,33,40-43,45,56,59-61,63H,10,13,17,19-20,22-25,27-28H2,1-3H3,(H,55,57)(H3,53,54,58). The number of nitrogens with zero attached hydrogens (tertiary/aromatic N) is 2. The Morgan fingerprint density at radius 3 is 2.68 bits per heavy atom. The summed E-state index contributed by atoms with van der Waals surface area (Å²) in [4.78, 5) is 31.0. The van der Waals surface area contributed by atoms with Crippen LogP contribution in [0.15, 0.2) is 72.1 Å². The highest BCUT2D eigenvalue weighted by atomic mass is 32.1. The summed E-state index contributed by atoms with van der Waals surface area (Å²) in [5, 5.41) is 53.2. The van der Waals surface area contributed by atoms with Crippen LogP contribution in [0.5, 0.6) is 5.75 Å². The zero-order valence-corrected chi connectivity index (χ0v) is 38.8. The smallest absolute Gasteiger partial charge is 0.188 e. The number of nitrogens with two attached hydrogens (primary N) is 1. The van der Waals surface area contributed by atoms with Gasteiger partial charge in [0.1, 0.15) is 5.75 Å². The number of thiophene rings is 2. The first kappa shape index (κ1) is 44.8. The number of carbonyl (C=O) groups is 1. The van der Waals surface area contributed by atoms with Gasteiger partial charge in [0.05, 0.1) is 45.6 Å². The maximum atomic E-state index is 15.3. The number of fused-ring (bicyclic) bond motifs is 6. The van der Waals surface area contributed by atoms with Crippen LogP contribution in [0.25, 0.3) is 9.75 Å². The van der Waals surface area contributed by atoms with Crippen molar-refractivity contribution in [2.75, 3.05) is 25.5 Å². The second-order valence-corrected chi connectivity index (χ2v) is 21.2. The monoisotopic (exact) mass is 910 g/mol. The number of aliphatic hydroxyl groups excluding tert-OH is 2. The highest BCUT2D eigenvalue weighted by Crippen LogP contribution is 2.62. The quantitative estimate of drug-likeness (QED) is 0.0354. The Balaban J connectivity index is 1.21. The lowest BCUT2D eigenvalue weighted by atomic mass is 9.58. The normalized spacial score (nSPS) is 27.8. The topological polar surface area (TPSA) is 189 Å². The number of anilines is 1. The molecule has 9 atom stereocenters. The number of aliphatic hydroxyl groups is 3. The van der Waals surface area contributed by atoms with Crippen molar-refractivity contribution in [3.8, 4) is 39.2 Å². The van der Waals surface area contributed by atoms with Crippen molar-refractivity contribution in [2.24, 2.45) is 45.7 Å². The minimum atomic E-state index is -1.18. The summed E-state index contributed by atoms with van der Waals surface area (Å²) >= 11 is 3.16. The number of hydrogen-bond acceptors (Lipinski definition) is 10. The Morgan fingerprint density at radius 1 is 1.08 bits per heavy atom. The van der Waals surface area contributed by atoms with Gasteiger partial charge in [-0.3, -0.25) is 9.79 Å². The average Bonchev–Trinajstić information content (AvgIpc) is 4.13. The fourth-order valence-corrected chi connectivity index (χ4v) is 13.7. The molecule has 4 heterocycles. The Bertz CT molecular complexity index is 2720. The molecule has 65 heavy (non-hydrogen) atoms. The number of β-amino-alcohol motifs (C(OH)–C–C–N with tert-alkyl or cyclic N) is 1. The van der Waals surface area contributed by atoms with E-state index in [1.165, 1.54) is 11.3 Å². The number of ketones is 1. The molecule has 11 nitrogen and oxygen atoms in total. The van der Waals surface area contributed by atoms with Gasteiger partial charge in [0, 0.05) is 72.0 Å². The van der Waals surface area contributed by atoms with Gasteiger partial charge in [-0.1, -0.05) is 36.0 Å². The average molecular weight is 911 g/mol. The van der Waals surface area contributed by atoms with Gasteiger partial charge in [-0.15, -0.1) is 28.6 Å².